The standard InChI is InChI=1S/C12H6Cl4OS4/c13-18-9-1-7(2-10(5-9)19-14)17-8-3-11(20-15)6-12(4-8)21-16/h1-6H. The normalized spacial score (nSPS) is 10.7. The van der Waals surface area contributed by atoms with E-state index in [1.807, 2.05) is 36.4 Å². The molecule has 0 aromatic heterocycles. The van der Waals surface area contributed by atoms with Gasteiger partial charge in [0.05, 0.1) is 0 Å². The van der Waals surface area contributed by atoms with Crippen LogP contribution in [0.1, 0.15) is 0 Å². The van der Waals surface area contributed by atoms with Crippen LogP contribution in [-0.4, -0.2) is 0 Å². The number of ether oxygens (including phenoxy) is 1. The number of benzene rings is 2. The summed E-state index contributed by atoms with van der Waals surface area (Å²) >= 11 is 0. The van der Waals surface area contributed by atoms with Crippen molar-refractivity contribution in [3.8, 4) is 11.5 Å². The topological polar surface area (TPSA) is 9.23 Å². The molecule has 0 saturated carbocycles. The molecule has 1 nitrogen and oxygen atoms in total. The van der Waals surface area contributed by atoms with Gasteiger partial charge in [0.25, 0.3) is 0 Å². The maximum Gasteiger partial charge on any atom is 0.129 e. The fourth-order valence-corrected chi connectivity index (χ4v) is 4.07. The summed E-state index contributed by atoms with van der Waals surface area (Å²) in [5.74, 6) is 1.29. The van der Waals surface area contributed by atoms with Crippen LogP contribution >= 0.6 is 86.6 Å². The summed E-state index contributed by atoms with van der Waals surface area (Å²) in [6.07, 6.45) is 0. The summed E-state index contributed by atoms with van der Waals surface area (Å²) in [6, 6.07) is 11.1. The van der Waals surface area contributed by atoms with Gasteiger partial charge in [-0.1, -0.05) is 0 Å². The van der Waals surface area contributed by atoms with Crippen molar-refractivity contribution in [1.82, 2.24) is 0 Å². The summed E-state index contributed by atoms with van der Waals surface area (Å²) in [5, 5.41) is 0. The van der Waals surface area contributed by atoms with Crippen molar-refractivity contribution in [3.63, 3.8) is 0 Å². The molecule has 2 aromatic carbocycles. The molecule has 0 bridgehead atoms. The van der Waals surface area contributed by atoms with E-state index in [2.05, 4.69) is 0 Å². The van der Waals surface area contributed by atoms with Gasteiger partial charge in [0.15, 0.2) is 0 Å². The molecule has 0 aliphatic rings. The fourth-order valence-electron chi connectivity index (χ4n) is 1.52. The van der Waals surface area contributed by atoms with Gasteiger partial charge in [0.2, 0.25) is 0 Å². The van der Waals surface area contributed by atoms with Crippen LogP contribution in [0.3, 0.4) is 0 Å². The first-order valence-electron chi connectivity index (χ1n) is 5.31. The molecule has 0 heterocycles. The highest BCUT2D eigenvalue weighted by molar-refractivity contribution is 8.22. The minimum Gasteiger partial charge on any atom is -0.457 e. The third-order valence-electron chi connectivity index (χ3n) is 2.30. The highest BCUT2D eigenvalue weighted by Crippen LogP contribution is 2.38. The third kappa shape index (κ3) is 5.43. The summed E-state index contributed by atoms with van der Waals surface area (Å²) in [6.45, 7) is 0. The Hall–Kier alpha value is 0.800. The maximum atomic E-state index is 5.86. The first kappa shape index (κ1) is 18.1. The summed E-state index contributed by atoms with van der Waals surface area (Å²) < 4.78 is 5.86. The molecule has 0 amide bonds. The predicted octanol–water partition coefficient (Wildman–Crippen LogP) is 8.46. The number of hydrogen-bond donors (Lipinski definition) is 0. The van der Waals surface area contributed by atoms with Gasteiger partial charge in [-0.2, -0.15) is 0 Å². The molecule has 0 fully saturated rings. The molecule has 112 valence electrons. The van der Waals surface area contributed by atoms with Crippen LogP contribution in [0.4, 0.5) is 0 Å². The zero-order valence-electron chi connectivity index (χ0n) is 10.0. The molecular formula is C12H6Cl4OS4. The Morgan fingerprint density at radius 2 is 0.810 bits per heavy atom. The zero-order valence-corrected chi connectivity index (χ0v) is 16.3. The van der Waals surface area contributed by atoms with E-state index in [1.165, 1.54) is 0 Å². The minimum absolute atomic E-state index is 0.644. The molecule has 0 radical (unpaired) electrons. The quantitative estimate of drug-likeness (QED) is 0.448. The Morgan fingerprint density at radius 1 is 0.524 bits per heavy atom. The van der Waals surface area contributed by atoms with Crippen LogP contribution in [0.15, 0.2) is 56.0 Å². The molecule has 0 aliphatic heterocycles. The fraction of sp³-hybridized carbons (Fsp3) is 0. The molecule has 9 heteroatoms. The smallest absolute Gasteiger partial charge is 0.129 e. The minimum atomic E-state index is 0.644. The second-order valence-electron chi connectivity index (χ2n) is 3.69. The molecular weight excluding hydrogens is 430 g/mol. The first-order valence-corrected chi connectivity index (χ1v) is 11.9. The highest BCUT2D eigenvalue weighted by Gasteiger charge is 2.07. The van der Waals surface area contributed by atoms with E-state index < -0.39 is 0 Å². The van der Waals surface area contributed by atoms with Gasteiger partial charge in [-0.25, -0.2) is 0 Å². The van der Waals surface area contributed by atoms with Crippen LogP contribution < -0.4 is 4.74 Å². The lowest BCUT2D eigenvalue weighted by atomic mass is 10.3. The largest absolute Gasteiger partial charge is 0.457 e. The summed E-state index contributed by atoms with van der Waals surface area (Å²) in [5.41, 5.74) is 0. The molecule has 0 N–H and O–H groups in total. The first-order chi connectivity index (χ1) is 10.2. The second kappa shape index (κ2) is 9.18. The van der Waals surface area contributed by atoms with Crippen molar-refractivity contribution in [1.29, 1.82) is 0 Å². The van der Waals surface area contributed by atoms with E-state index in [0.29, 0.717) is 11.5 Å². The lowest BCUT2D eigenvalue weighted by molar-refractivity contribution is 0.477. The average Bonchev–Trinajstić information content (AvgIpc) is 2.53. The van der Waals surface area contributed by atoms with Crippen molar-refractivity contribution in [2.75, 3.05) is 0 Å². The molecule has 0 aliphatic carbocycles. The summed E-state index contributed by atoms with van der Waals surface area (Å²) in [4.78, 5) is 3.42. The maximum absolute atomic E-state index is 5.86. The molecule has 0 saturated heterocycles. The Labute approximate surface area is 157 Å². The van der Waals surface area contributed by atoms with Crippen molar-refractivity contribution in [2.24, 2.45) is 0 Å². The lowest BCUT2D eigenvalue weighted by Gasteiger charge is -2.10. The van der Waals surface area contributed by atoms with E-state index in [0.717, 1.165) is 63.5 Å². The van der Waals surface area contributed by atoms with E-state index in [9.17, 15) is 0 Å². The van der Waals surface area contributed by atoms with Crippen LogP contribution in [0, 0.1) is 0 Å². The zero-order chi connectivity index (χ0) is 15.2. The monoisotopic (exact) mass is 434 g/mol. The van der Waals surface area contributed by atoms with E-state index in [1.54, 1.807) is 0 Å². The van der Waals surface area contributed by atoms with Crippen LogP contribution in [0.25, 0.3) is 0 Å². The molecule has 0 atom stereocenters. The van der Waals surface area contributed by atoms with Gasteiger partial charge in [0.1, 0.15) is 11.5 Å². The van der Waals surface area contributed by atoms with Crippen LogP contribution in [0.5, 0.6) is 11.5 Å². The second-order valence-corrected chi connectivity index (χ2v) is 8.05. The van der Waals surface area contributed by atoms with Gasteiger partial charge in [0, 0.05) is 19.6 Å². The van der Waals surface area contributed by atoms with E-state index in [4.69, 9.17) is 47.5 Å². The molecule has 2 rings (SSSR count). The van der Waals surface area contributed by atoms with E-state index >= 15 is 0 Å². The Kier molecular flexibility index (Phi) is 7.93. The van der Waals surface area contributed by atoms with Crippen molar-refractivity contribution in [2.45, 2.75) is 19.6 Å². The Bertz CT molecular complexity index is 528. The van der Waals surface area contributed by atoms with Crippen molar-refractivity contribution >= 4 is 86.6 Å². The molecule has 21 heavy (non-hydrogen) atoms. The van der Waals surface area contributed by atoms with Crippen LogP contribution in [0.2, 0.25) is 0 Å². The van der Waals surface area contributed by atoms with Crippen molar-refractivity contribution < 1.29 is 4.74 Å². The van der Waals surface area contributed by atoms with Crippen molar-refractivity contribution in [3.05, 3.63) is 36.4 Å². The Balaban J connectivity index is 2.32. The predicted molar refractivity (Wildman–Crippen MR) is 99.8 cm³/mol. The molecule has 0 unspecified atom stereocenters. The number of hydrogen-bond acceptors (Lipinski definition) is 5. The van der Waals surface area contributed by atoms with Gasteiger partial charge in [-0.15, -0.1) is 0 Å². The Morgan fingerprint density at radius 3 is 1.05 bits per heavy atom. The third-order valence-corrected chi connectivity index (χ3v) is 6.09. The SMILES string of the molecule is ClSc1cc(Oc2cc(SCl)cc(SCl)c2)cc(SCl)c1. The van der Waals surface area contributed by atoms with E-state index in [-0.39, 0.29) is 0 Å². The molecule has 2 aromatic rings. The van der Waals surface area contributed by atoms with Gasteiger partial charge < -0.3 is 4.74 Å². The van der Waals surface area contributed by atoms with Gasteiger partial charge in [-0.05, 0) is 123 Å². The molecule has 0 spiro atoms. The highest BCUT2D eigenvalue weighted by atomic mass is 35.7. The number of halogens is 4. The average molecular weight is 436 g/mol. The summed E-state index contributed by atoms with van der Waals surface area (Å²) in [7, 11) is 27.6. The number of rotatable bonds is 6. The van der Waals surface area contributed by atoms with Crippen LogP contribution in [-0.2, 0) is 0 Å². The van der Waals surface area contributed by atoms with Gasteiger partial charge in [-0.3, -0.25) is 0 Å². The lowest BCUT2D eigenvalue weighted by Crippen LogP contribution is -1.86. The van der Waals surface area contributed by atoms with Gasteiger partial charge >= 0.3 is 0 Å².